The van der Waals surface area contributed by atoms with Gasteiger partial charge in [-0.15, -0.1) is 0 Å². The second kappa shape index (κ2) is 10.9. The van der Waals surface area contributed by atoms with E-state index in [1.807, 2.05) is 0 Å². The number of carbonyl (C=O) groups excluding carboxylic acids is 3. The largest absolute Gasteiger partial charge is 0.508 e. The molecule has 0 fully saturated rings. The Labute approximate surface area is 190 Å². The zero-order chi connectivity index (χ0) is 23.8. The fraction of sp³-hybridized carbons (Fsp3) is 0.115. The molecule has 0 aromatic heterocycles. The Morgan fingerprint density at radius 1 is 0.788 bits per heavy atom. The molecule has 0 bridgehead atoms. The van der Waals surface area contributed by atoms with Crippen molar-refractivity contribution in [2.24, 2.45) is 5.92 Å². The predicted octanol–water partition coefficient (Wildman–Crippen LogP) is 4.23. The van der Waals surface area contributed by atoms with Gasteiger partial charge in [0.15, 0.2) is 17.5 Å². The number of nitrogens with one attached hydrogen (secondary N) is 1. The van der Waals surface area contributed by atoms with Crippen molar-refractivity contribution in [3.63, 3.8) is 0 Å². The van der Waals surface area contributed by atoms with Crippen molar-refractivity contribution in [1.82, 2.24) is 5.32 Å². The third kappa shape index (κ3) is 6.87. The van der Waals surface area contributed by atoms with Gasteiger partial charge in [-0.3, -0.25) is 14.4 Å². The summed E-state index contributed by atoms with van der Waals surface area (Å²) in [6.07, 6.45) is 8.16. The van der Waals surface area contributed by atoms with Gasteiger partial charge >= 0.3 is 0 Å². The van der Waals surface area contributed by atoms with Crippen LogP contribution in [-0.4, -0.2) is 27.7 Å². The number of ketones is 2. The van der Waals surface area contributed by atoms with E-state index in [9.17, 15) is 29.0 Å². The monoisotopic (exact) mass is 447 g/mol. The number of hydrogen-bond acceptors (Lipinski definition) is 5. The lowest BCUT2D eigenvalue weighted by molar-refractivity contribution is -0.136. The fourth-order valence-electron chi connectivity index (χ4n) is 3.07. The second-order valence-electron chi connectivity index (χ2n) is 7.38. The van der Waals surface area contributed by atoms with Gasteiger partial charge in [-0.1, -0.05) is 36.4 Å². The highest BCUT2D eigenvalue weighted by Crippen LogP contribution is 2.19. The van der Waals surface area contributed by atoms with Crippen LogP contribution in [0.5, 0.6) is 11.5 Å². The summed E-state index contributed by atoms with van der Waals surface area (Å²) < 4.78 is 13.2. The summed E-state index contributed by atoms with van der Waals surface area (Å²) in [4.78, 5) is 38.5. The average Bonchev–Trinajstić information content (AvgIpc) is 2.80. The third-order valence-electron chi connectivity index (χ3n) is 4.88. The second-order valence-corrected chi connectivity index (χ2v) is 7.38. The maximum Gasteiger partial charge on any atom is 0.243 e. The summed E-state index contributed by atoms with van der Waals surface area (Å²) in [5.41, 5.74) is 1.61. The lowest BCUT2D eigenvalue weighted by Gasteiger charge is -2.15. The molecule has 33 heavy (non-hydrogen) atoms. The van der Waals surface area contributed by atoms with Crippen LogP contribution < -0.4 is 5.32 Å². The molecule has 0 spiro atoms. The first-order valence-electron chi connectivity index (χ1n) is 10.2. The molecule has 2 aromatic rings. The van der Waals surface area contributed by atoms with Crippen LogP contribution in [0, 0.1) is 5.92 Å². The van der Waals surface area contributed by atoms with E-state index in [-0.39, 0.29) is 30.2 Å². The molecule has 1 aliphatic rings. The highest BCUT2D eigenvalue weighted by molar-refractivity contribution is 6.25. The molecule has 0 saturated carbocycles. The summed E-state index contributed by atoms with van der Waals surface area (Å²) in [5.74, 6) is -4.07. The number of hydrogen-bond donors (Lipinski definition) is 3. The standard InChI is InChI=1S/C26H22FNO5/c27-19-7-9-20(10-8-19)28-26(33)25(23(31)15-5-17-1-11-21(29)12-2-17)24(32)16-6-18-3-13-22(30)14-4-18/h1-7,9,11-16,25,29-30H,8,10H2,(H,28,33). The Kier molecular flexibility index (Phi) is 7.70. The number of halogens is 1. The van der Waals surface area contributed by atoms with Crippen LogP contribution in [0.2, 0.25) is 0 Å². The summed E-state index contributed by atoms with van der Waals surface area (Å²) in [6.45, 7) is 0. The summed E-state index contributed by atoms with van der Waals surface area (Å²) in [7, 11) is 0. The Morgan fingerprint density at radius 2 is 1.27 bits per heavy atom. The molecular weight excluding hydrogens is 425 g/mol. The summed E-state index contributed by atoms with van der Waals surface area (Å²) >= 11 is 0. The van der Waals surface area contributed by atoms with Gasteiger partial charge in [0.05, 0.1) is 0 Å². The van der Waals surface area contributed by atoms with Crippen LogP contribution in [0.25, 0.3) is 12.2 Å². The van der Waals surface area contributed by atoms with Gasteiger partial charge in [0.25, 0.3) is 0 Å². The van der Waals surface area contributed by atoms with Crippen LogP contribution >= 0.6 is 0 Å². The molecule has 6 nitrogen and oxygen atoms in total. The van der Waals surface area contributed by atoms with Crippen molar-refractivity contribution in [3.05, 3.63) is 95.5 Å². The molecule has 3 rings (SSSR count). The van der Waals surface area contributed by atoms with Gasteiger partial charge in [0.2, 0.25) is 5.91 Å². The number of allylic oxidation sites excluding steroid dienone is 6. The molecule has 0 saturated heterocycles. The van der Waals surface area contributed by atoms with Crippen LogP contribution in [0.3, 0.4) is 0 Å². The highest BCUT2D eigenvalue weighted by Gasteiger charge is 2.31. The molecular formula is C26H22FNO5. The van der Waals surface area contributed by atoms with Crippen molar-refractivity contribution in [1.29, 1.82) is 0 Å². The van der Waals surface area contributed by atoms with E-state index in [0.717, 1.165) is 12.2 Å². The van der Waals surface area contributed by atoms with Crippen molar-refractivity contribution >= 4 is 29.6 Å². The van der Waals surface area contributed by atoms with Crippen molar-refractivity contribution in [2.45, 2.75) is 12.8 Å². The fourth-order valence-corrected chi connectivity index (χ4v) is 3.07. The van der Waals surface area contributed by atoms with Crippen LogP contribution in [-0.2, 0) is 14.4 Å². The number of rotatable bonds is 8. The van der Waals surface area contributed by atoms with Crippen molar-refractivity contribution < 1.29 is 29.0 Å². The Morgan fingerprint density at radius 3 is 1.70 bits per heavy atom. The molecule has 0 aliphatic heterocycles. The number of benzene rings is 2. The molecule has 0 heterocycles. The van der Waals surface area contributed by atoms with E-state index in [1.54, 1.807) is 24.3 Å². The van der Waals surface area contributed by atoms with Crippen molar-refractivity contribution in [2.75, 3.05) is 0 Å². The molecule has 168 valence electrons. The van der Waals surface area contributed by atoms with E-state index in [4.69, 9.17) is 0 Å². The van der Waals surface area contributed by atoms with E-state index < -0.39 is 23.4 Å². The number of carbonyl (C=O) groups is 3. The first kappa shape index (κ1) is 23.4. The lowest BCUT2D eigenvalue weighted by Crippen LogP contribution is -2.39. The van der Waals surface area contributed by atoms with E-state index in [2.05, 4.69) is 5.32 Å². The zero-order valence-corrected chi connectivity index (χ0v) is 17.6. The SMILES string of the molecule is O=C(C=Cc1ccc(O)cc1)C(C(=O)C=Cc1ccc(O)cc1)C(=O)NC1=CC=C(F)CC1. The van der Waals surface area contributed by atoms with Gasteiger partial charge in [-0.25, -0.2) is 4.39 Å². The van der Waals surface area contributed by atoms with Gasteiger partial charge in [0, 0.05) is 12.1 Å². The normalized spacial score (nSPS) is 14.6. The van der Waals surface area contributed by atoms with Gasteiger partial charge in [-0.05, 0) is 66.1 Å². The Balaban J connectivity index is 1.81. The quantitative estimate of drug-likeness (QED) is 0.415. The summed E-state index contributed by atoms with van der Waals surface area (Å²) in [6, 6.07) is 12.1. The van der Waals surface area contributed by atoms with Crippen molar-refractivity contribution in [3.8, 4) is 11.5 Å². The smallest absolute Gasteiger partial charge is 0.243 e. The molecule has 0 unspecified atom stereocenters. The number of phenolic OH excluding ortho intramolecular Hbond substituents is 2. The molecule has 0 atom stereocenters. The van der Waals surface area contributed by atoms with E-state index in [0.29, 0.717) is 16.8 Å². The molecule has 3 N–H and O–H groups in total. The number of amides is 1. The minimum absolute atomic E-state index is 0.0662. The molecule has 2 aromatic carbocycles. The van der Waals surface area contributed by atoms with Gasteiger partial charge in [0.1, 0.15) is 17.3 Å². The Hall–Kier alpha value is -4.26. The molecule has 7 heteroatoms. The highest BCUT2D eigenvalue weighted by atomic mass is 19.1. The molecule has 1 aliphatic carbocycles. The van der Waals surface area contributed by atoms with Gasteiger partial charge < -0.3 is 15.5 Å². The maximum atomic E-state index is 13.2. The third-order valence-corrected chi connectivity index (χ3v) is 4.88. The first-order valence-corrected chi connectivity index (χ1v) is 10.2. The maximum absolute atomic E-state index is 13.2. The van der Waals surface area contributed by atoms with Crippen LogP contribution in [0.4, 0.5) is 4.39 Å². The topological polar surface area (TPSA) is 104 Å². The first-order chi connectivity index (χ1) is 15.8. The minimum Gasteiger partial charge on any atom is -0.508 e. The Bertz CT molecular complexity index is 1090. The molecule has 0 radical (unpaired) electrons. The van der Waals surface area contributed by atoms with Crippen LogP contribution in [0.1, 0.15) is 24.0 Å². The number of phenols is 2. The number of aromatic hydroxyl groups is 2. The molecule has 1 amide bonds. The van der Waals surface area contributed by atoms with E-state index in [1.165, 1.54) is 48.6 Å². The predicted molar refractivity (Wildman–Crippen MR) is 122 cm³/mol. The van der Waals surface area contributed by atoms with Gasteiger partial charge in [-0.2, -0.15) is 0 Å². The lowest BCUT2D eigenvalue weighted by atomic mass is 9.95. The average molecular weight is 447 g/mol. The van der Waals surface area contributed by atoms with Crippen LogP contribution in [0.15, 0.2) is 84.4 Å². The summed E-state index contributed by atoms with van der Waals surface area (Å²) in [5, 5.41) is 21.3. The minimum atomic E-state index is -1.64. The van der Waals surface area contributed by atoms with E-state index >= 15 is 0 Å². The zero-order valence-electron chi connectivity index (χ0n) is 17.6.